The summed E-state index contributed by atoms with van der Waals surface area (Å²) >= 11 is 5.99. The molecule has 2 aromatic carbocycles. The third-order valence-corrected chi connectivity index (χ3v) is 6.34. The van der Waals surface area contributed by atoms with Crippen molar-refractivity contribution in [2.45, 2.75) is 18.8 Å². The lowest BCUT2D eigenvalue weighted by Gasteiger charge is -2.33. The summed E-state index contributed by atoms with van der Waals surface area (Å²) in [5.74, 6) is 0.424. The normalized spacial score (nSPS) is 15.1. The van der Waals surface area contributed by atoms with E-state index in [0.29, 0.717) is 5.92 Å². The minimum Gasteiger partial charge on any atom is -0.371 e. The zero-order valence-corrected chi connectivity index (χ0v) is 17.6. The van der Waals surface area contributed by atoms with Gasteiger partial charge >= 0.3 is 0 Å². The van der Waals surface area contributed by atoms with Crippen LogP contribution < -0.4 is 10.5 Å². The first kappa shape index (κ1) is 18.9. The third kappa shape index (κ3) is 3.39. The molecule has 30 heavy (non-hydrogen) atoms. The lowest BCUT2D eigenvalue weighted by Crippen LogP contribution is -2.34. The van der Waals surface area contributed by atoms with Crippen molar-refractivity contribution in [3.8, 4) is 5.69 Å². The van der Waals surface area contributed by atoms with Gasteiger partial charge in [0.05, 0.1) is 22.6 Å². The molecule has 3 heterocycles. The molecule has 6 heteroatoms. The number of aryl methyl sites for hydroxylation is 1. The quantitative estimate of drug-likeness (QED) is 0.481. The summed E-state index contributed by atoms with van der Waals surface area (Å²) in [6.07, 6.45) is 4.04. The van der Waals surface area contributed by atoms with Gasteiger partial charge in [0.15, 0.2) is 0 Å². The molecule has 0 aliphatic carbocycles. The van der Waals surface area contributed by atoms with E-state index < -0.39 is 0 Å². The summed E-state index contributed by atoms with van der Waals surface area (Å²) in [6, 6.07) is 19.7. The molecule has 0 bridgehead atoms. The predicted molar refractivity (Wildman–Crippen MR) is 122 cm³/mol. The largest absolute Gasteiger partial charge is 0.371 e. The first-order valence-corrected chi connectivity index (χ1v) is 10.6. The second-order valence-corrected chi connectivity index (χ2v) is 8.30. The van der Waals surface area contributed by atoms with Gasteiger partial charge in [-0.15, -0.1) is 0 Å². The number of hydrogen-bond donors (Lipinski definition) is 0. The number of para-hydroxylation sites is 1. The zero-order chi connectivity index (χ0) is 20.7. The molecule has 0 amide bonds. The SMILES string of the molecule is Cn1c(=O)cc(N2CCC(c3ccn(-c4ccc(Cl)cc4)n3)CC2)c2ccccc21. The second kappa shape index (κ2) is 7.65. The van der Waals surface area contributed by atoms with Crippen LogP contribution in [0.25, 0.3) is 16.6 Å². The van der Waals surface area contributed by atoms with Crippen molar-refractivity contribution < 1.29 is 0 Å². The second-order valence-electron chi connectivity index (χ2n) is 7.87. The van der Waals surface area contributed by atoms with Crippen LogP contribution in [0.3, 0.4) is 0 Å². The number of hydrogen-bond acceptors (Lipinski definition) is 3. The molecule has 1 aliphatic heterocycles. The van der Waals surface area contributed by atoms with Gasteiger partial charge in [-0.2, -0.15) is 5.10 Å². The number of nitrogens with zero attached hydrogens (tertiary/aromatic N) is 4. The van der Waals surface area contributed by atoms with Crippen LogP contribution in [0, 0.1) is 0 Å². The van der Waals surface area contributed by atoms with Crippen LogP contribution in [0.1, 0.15) is 24.5 Å². The van der Waals surface area contributed by atoms with Crippen molar-refractivity contribution in [3.05, 3.63) is 87.9 Å². The van der Waals surface area contributed by atoms with E-state index in [1.807, 2.05) is 60.4 Å². The van der Waals surface area contributed by atoms with Crippen LogP contribution in [-0.4, -0.2) is 27.4 Å². The molecular formula is C24H23ClN4O. The highest BCUT2D eigenvalue weighted by molar-refractivity contribution is 6.30. The molecule has 4 aromatic rings. The van der Waals surface area contributed by atoms with Gasteiger partial charge in [0, 0.05) is 48.7 Å². The minimum absolute atomic E-state index is 0.0348. The van der Waals surface area contributed by atoms with Crippen molar-refractivity contribution in [1.29, 1.82) is 0 Å². The average Bonchev–Trinajstić information content (AvgIpc) is 3.27. The molecule has 0 unspecified atom stereocenters. The Balaban J connectivity index is 1.35. The van der Waals surface area contributed by atoms with Gasteiger partial charge in [-0.05, 0) is 49.2 Å². The van der Waals surface area contributed by atoms with E-state index >= 15 is 0 Å². The highest BCUT2D eigenvalue weighted by Crippen LogP contribution is 2.32. The molecule has 0 saturated carbocycles. The maximum atomic E-state index is 12.5. The number of aromatic nitrogens is 3. The summed E-state index contributed by atoms with van der Waals surface area (Å²) in [4.78, 5) is 14.8. The molecule has 0 N–H and O–H groups in total. The van der Waals surface area contributed by atoms with Crippen molar-refractivity contribution in [2.75, 3.05) is 18.0 Å². The smallest absolute Gasteiger partial charge is 0.252 e. The van der Waals surface area contributed by atoms with Gasteiger partial charge in [0.25, 0.3) is 5.56 Å². The summed E-state index contributed by atoms with van der Waals surface area (Å²) in [6.45, 7) is 1.82. The number of benzene rings is 2. The lowest BCUT2D eigenvalue weighted by atomic mass is 9.93. The Bertz CT molecular complexity index is 1250. The number of rotatable bonds is 3. The Labute approximate surface area is 180 Å². The Morgan fingerprint density at radius 3 is 2.50 bits per heavy atom. The maximum Gasteiger partial charge on any atom is 0.252 e. The first-order valence-electron chi connectivity index (χ1n) is 10.3. The number of anilines is 1. The van der Waals surface area contributed by atoms with Crippen molar-refractivity contribution in [2.24, 2.45) is 7.05 Å². The number of halogens is 1. The Morgan fingerprint density at radius 1 is 1.00 bits per heavy atom. The number of pyridine rings is 1. The zero-order valence-electron chi connectivity index (χ0n) is 16.8. The highest BCUT2D eigenvalue weighted by Gasteiger charge is 2.24. The van der Waals surface area contributed by atoms with Crippen molar-refractivity contribution >= 4 is 28.2 Å². The summed E-state index contributed by atoms with van der Waals surface area (Å²) in [5.41, 5.74) is 4.18. The monoisotopic (exact) mass is 418 g/mol. The molecule has 0 radical (unpaired) electrons. The molecule has 152 valence electrons. The molecule has 0 spiro atoms. The van der Waals surface area contributed by atoms with Gasteiger partial charge in [0.1, 0.15) is 0 Å². The van der Waals surface area contributed by atoms with E-state index in [0.717, 1.165) is 58.9 Å². The van der Waals surface area contributed by atoms with Crippen LogP contribution in [0.15, 0.2) is 71.7 Å². The van der Waals surface area contributed by atoms with Crippen molar-refractivity contribution in [3.63, 3.8) is 0 Å². The number of piperidine rings is 1. The maximum absolute atomic E-state index is 12.5. The summed E-state index contributed by atoms with van der Waals surface area (Å²) in [7, 11) is 1.83. The topological polar surface area (TPSA) is 43.1 Å². The van der Waals surface area contributed by atoms with Crippen LogP contribution in [0.5, 0.6) is 0 Å². The van der Waals surface area contributed by atoms with E-state index in [4.69, 9.17) is 16.7 Å². The Morgan fingerprint density at radius 2 is 1.73 bits per heavy atom. The van der Waals surface area contributed by atoms with Gasteiger partial charge in [-0.1, -0.05) is 29.8 Å². The predicted octanol–water partition coefficient (Wildman–Crippen LogP) is 4.76. The average molecular weight is 419 g/mol. The Kier molecular flexibility index (Phi) is 4.83. The van der Waals surface area contributed by atoms with Crippen LogP contribution in [0.2, 0.25) is 5.02 Å². The fourth-order valence-corrected chi connectivity index (χ4v) is 4.49. The van der Waals surface area contributed by atoms with Crippen LogP contribution >= 0.6 is 11.6 Å². The summed E-state index contributed by atoms with van der Waals surface area (Å²) < 4.78 is 3.63. The minimum atomic E-state index is 0.0348. The van der Waals surface area contributed by atoms with Gasteiger partial charge in [-0.25, -0.2) is 4.68 Å². The van der Waals surface area contributed by atoms with Crippen LogP contribution in [0.4, 0.5) is 5.69 Å². The molecule has 5 rings (SSSR count). The number of fused-ring (bicyclic) bond motifs is 1. The van der Waals surface area contributed by atoms with E-state index in [-0.39, 0.29) is 5.56 Å². The molecule has 1 fully saturated rings. The standard InChI is InChI=1S/C24H23ClN4O/c1-27-22-5-3-2-4-20(22)23(16-24(27)30)28-13-10-17(11-14-28)21-12-15-29(26-21)19-8-6-18(25)7-9-19/h2-9,12,15-17H,10-11,13-14H2,1H3. The molecule has 0 atom stereocenters. The molecule has 5 nitrogen and oxygen atoms in total. The van der Waals surface area contributed by atoms with E-state index in [2.05, 4.69) is 17.0 Å². The van der Waals surface area contributed by atoms with E-state index in [1.165, 1.54) is 0 Å². The lowest BCUT2D eigenvalue weighted by molar-refractivity contribution is 0.494. The fourth-order valence-electron chi connectivity index (χ4n) is 4.36. The van der Waals surface area contributed by atoms with Gasteiger partial charge in [-0.3, -0.25) is 4.79 Å². The molecular weight excluding hydrogens is 396 g/mol. The summed E-state index contributed by atoms with van der Waals surface area (Å²) in [5, 5.41) is 6.66. The Hall–Kier alpha value is -3.05. The highest BCUT2D eigenvalue weighted by atomic mass is 35.5. The molecule has 1 aliphatic rings. The van der Waals surface area contributed by atoms with E-state index in [1.54, 1.807) is 10.6 Å². The molecule has 1 saturated heterocycles. The first-order chi connectivity index (χ1) is 14.6. The third-order valence-electron chi connectivity index (χ3n) is 6.09. The van der Waals surface area contributed by atoms with E-state index in [9.17, 15) is 4.79 Å². The van der Waals surface area contributed by atoms with Gasteiger partial charge < -0.3 is 9.47 Å². The molecule has 2 aromatic heterocycles. The fraction of sp³-hybridized carbons (Fsp3) is 0.250. The van der Waals surface area contributed by atoms with Crippen LogP contribution in [-0.2, 0) is 7.05 Å². The van der Waals surface area contributed by atoms with Gasteiger partial charge in [0.2, 0.25) is 0 Å². The van der Waals surface area contributed by atoms with Crippen molar-refractivity contribution in [1.82, 2.24) is 14.3 Å².